The summed E-state index contributed by atoms with van der Waals surface area (Å²) in [6.07, 6.45) is 1.64. The molecule has 6 N–H and O–H groups in total. The van der Waals surface area contributed by atoms with Crippen LogP contribution in [0.5, 0.6) is 0 Å². The highest BCUT2D eigenvalue weighted by Crippen LogP contribution is 2.16. The van der Waals surface area contributed by atoms with E-state index in [4.69, 9.17) is 17.2 Å². The molecule has 0 amide bonds. The Morgan fingerprint density at radius 1 is 1.40 bits per heavy atom. The molecule has 0 spiro atoms. The average Bonchev–Trinajstić information content (AvgIpc) is 2.48. The quantitative estimate of drug-likeness (QED) is 0.600. The number of nitrogens with two attached hydrogens (primary N) is 3. The summed E-state index contributed by atoms with van der Waals surface area (Å²) in [6, 6.07) is 0.0137. The molecular formula is C8H13N7. The third-order valence-corrected chi connectivity index (χ3v) is 1.99. The van der Waals surface area contributed by atoms with Gasteiger partial charge in [0.1, 0.15) is 5.52 Å². The van der Waals surface area contributed by atoms with Gasteiger partial charge in [0, 0.05) is 12.6 Å². The predicted molar refractivity (Wildman–Crippen MR) is 57.8 cm³/mol. The van der Waals surface area contributed by atoms with E-state index in [-0.39, 0.29) is 12.0 Å². The topological polar surface area (TPSA) is 122 Å². The molecule has 2 aromatic heterocycles. The lowest BCUT2D eigenvalue weighted by Gasteiger charge is -2.06. The molecule has 0 aliphatic heterocycles. The summed E-state index contributed by atoms with van der Waals surface area (Å²) in [5.41, 5.74) is 18.1. The van der Waals surface area contributed by atoms with Gasteiger partial charge >= 0.3 is 0 Å². The van der Waals surface area contributed by atoms with Crippen LogP contribution in [0.25, 0.3) is 11.2 Å². The number of rotatable bonds is 2. The van der Waals surface area contributed by atoms with Gasteiger partial charge in [-0.15, -0.1) is 0 Å². The summed E-state index contributed by atoms with van der Waals surface area (Å²) < 4.78 is 1.81. The number of fused-ring (bicyclic) bond motifs is 1. The van der Waals surface area contributed by atoms with Crippen molar-refractivity contribution in [1.82, 2.24) is 19.5 Å². The molecule has 2 rings (SSSR count). The second-order valence-electron chi connectivity index (χ2n) is 3.51. The standard InChI is InChI=1S/C8H13N7/c1-4(9)2-15-3-12-5-6(10)13-8(11)14-7(5)15/h3-4H,2,9H2,1H3,(H4,10,11,13,14)/t4-/m0/s1. The molecule has 0 aliphatic carbocycles. The molecule has 0 aliphatic rings. The third kappa shape index (κ3) is 1.68. The smallest absolute Gasteiger partial charge is 0.224 e. The van der Waals surface area contributed by atoms with Gasteiger partial charge in [0.25, 0.3) is 0 Å². The van der Waals surface area contributed by atoms with Crippen molar-refractivity contribution in [3.63, 3.8) is 0 Å². The van der Waals surface area contributed by atoms with Crippen LogP contribution in [0.3, 0.4) is 0 Å². The van der Waals surface area contributed by atoms with Crippen LogP contribution in [0.4, 0.5) is 11.8 Å². The van der Waals surface area contributed by atoms with Gasteiger partial charge in [-0.3, -0.25) is 0 Å². The van der Waals surface area contributed by atoms with Crippen molar-refractivity contribution in [1.29, 1.82) is 0 Å². The maximum absolute atomic E-state index is 5.70. The second kappa shape index (κ2) is 3.35. The fourth-order valence-electron chi connectivity index (χ4n) is 1.43. The summed E-state index contributed by atoms with van der Waals surface area (Å²) in [5, 5.41) is 0. The monoisotopic (exact) mass is 207 g/mol. The van der Waals surface area contributed by atoms with E-state index in [0.717, 1.165) is 0 Å². The minimum Gasteiger partial charge on any atom is -0.382 e. The van der Waals surface area contributed by atoms with Crippen molar-refractivity contribution in [2.75, 3.05) is 11.5 Å². The summed E-state index contributed by atoms with van der Waals surface area (Å²) in [4.78, 5) is 12.0. The fraction of sp³-hybridized carbons (Fsp3) is 0.375. The molecule has 1 atom stereocenters. The van der Waals surface area contributed by atoms with Gasteiger partial charge < -0.3 is 21.8 Å². The number of hydrogen-bond acceptors (Lipinski definition) is 6. The molecule has 0 saturated carbocycles. The minimum atomic E-state index is 0.0137. The molecule has 7 nitrogen and oxygen atoms in total. The molecule has 15 heavy (non-hydrogen) atoms. The zero-order valence-electron chi connectivity index (χ0n) is 8.38. The number of hydrogen-bond donors (Lipinski definition) is 3. The zero-order chi connectivity index (χ0) is 11.0. The van der Waals surface area contributed by atoms with E-state index >= 15 is 0 Å². The highest BCUT2D eigenvalue weighted by atomic mass is 15.2. The molecule has 2 heterocycles. The van der Waals surface area contributed by atoms with Crippen LogP contribution in [0, 0.1) is 0 Å². The Labute approximate surface area is 86.3 Å². The Kier molecular flexibility index (Phi) is 2.16. The van der Waals surface area contributed by atoms with Gasteiger partial charge in [-0.2, -0.15) is 9.97 Å². The molecule has 0 aromatic carbocycles. The van der Waals surface area contributed by atoms with E-state index in [1.165, 1.54) is 0 Å². The SMILES string of the molecule is C[C@H](N)Cn1cnc2c(N)nc(N)nc21. The molecule has 0 bridgehead atoms. The number of nitrogen functional groups attached to an aromatic ring is 2. The Morgan fingerprint density at radius 3 is 2.80 bits per heavy atom. The van der Waals surface area contributed by atoms with Crippen LogP contribution < -0.4 is 17.2 Å². The lowest BCUT2D eigenvalue weighted by molar-refractivity contribution is 0.598. The third-order valence-electron chi connectivity index (χ3n) is 1.99. The van der Waals surface area contributed by atoms with Crippen LogP contribution in [-0.2, 0) is 6.54 Å². The average molecular weight is 207 g/mol. The van der Waals surface area contributed by atoms with Crippen molar-refractivity contribution in [3.05, 3.63) is 6.33 Å². The first-order valence-electron chi connectivity index (χ1n) is 4.57. The molecule has 7 heteroatoms. The first kappa shape index (κ1) is 9.66. The molecule has 0 saturated heterocycles. The zero-order valence-corrected chi connectivity index (χ0v) is 8.38. The van der Waals surface area contributed by atoms with E-state index < -0.39 is 0 Å². The van der Waals surface area contributed by atoms with Crippen molar-refractivity contribution in [3.8, 4) is 0 Å². The molecule has 0 radical (unpaired) electrons. The van der Waals surface area contributed by atoms with E-state index in [2.05, 4.69) is 15.0 Å². The first-order chi connectivity index (χ1) is 7.08. The minimum absolute atomic E-state index is 0.0137. The van der Waals surface area contributed by atoms with Crippen molar-refractivity contribution in [2.24, 2.45) is 5.73 Å². The Bertz CT molecular complexity index is 487. The second-order valence-corrected chi connectivity index (χ2v) is 3.51. The normalized spacial score (nSPS) is 13.2. The summed E-state index contributed by atoms with van der Waals surface area (Å²) in [6.45, 7) is 2.52. The highest BCUT2D eigenvalue weighted by molar-refractivity contribution is 5.82. The van der Waals surface area contributed by atoms with Gasteiger partial charge in [-0.1, -0.05) is 0 Å². The van der Waals surface area contributed by atoms with Gasteiger partial charge in [0.05, 0.1) is 6.33 Å². The van der Waals surface area contributed by atoms with Gasteiger partial charge in [-0.05, 0) is 6.92 Å². The van der Waals surface area contributed by atoms with Gasteiger partial charge in [0.15, 0.2) is 11.5 Å². The Hall–Kier alpha value is -1.89. The lowest BCUT2D eigenvalue weighted by atomic mass is 10.3. The molecule has 2 aromatic rings. The van der Waals surface area contributed by atoms with E-state index in [9.17, 15) is 0 Å². The van der Waals surface area contributed by atoms with E-state index in [1.807, 2.05) is 11.5 Å². The Balaban J connectivity index is 2.58. The maximum atomic E-state index is 5.70. The van der Waals surface area contributed by atoms with Crippen LogP contribution in [-0.4, -0.2) is 25.6 Å². The van der Waals surface area contributed by atoms with Crippen LogP contribution >= 0.6 is 0 Å². The highest BCUT2D eigenvalue weighted by Gasteiger charge is 2.10. The van der Waals surface area contributed by atoms with Gasteiger partial charge in [-0.25, -0.2) is 4.98 Å². The molecule has 80 valence electrons. The number of anilines is 2. The largest absolute Gasteiger partial charge is 0.382 e. The van der Waals surface area contributed by atoms with Crippen LogP contribution in [0.15, 0.2) is 6.33 Å². The number of imidazole rings is 1. The summed E-state index contributed by atoms with van der Waals surface area (Å²) >= 11 is 0. The number of aromatic nitrogens is 4. The molecule has 0 unspecified atom stereocenters. The Morgan fingerprint density at radius 2 is 2.13 bits per heavy atom. The summed E-state index contributed by atoms with van der Waals surface area (Å²) in [5.74, 6) is 0.437. The van der Waals surface area contributed by atoms with Crippen molar-refractivity contribution in [2.45, 2.75) is 19.5 Å². The maximum Gasteiger partial charge on any atom is 0.224 e. The molecule has 0 fully saturated rings. The first-order valence-corrected chi connectivity index (χ1v) is 4.57. The lowest BCUT2D eigenvalue weighted by Crippen LogP contribution is -2.21. The molecular weight excluding hydrogens is 194 g/mol. The van der Waals surface area contributed by atoms with Crippen molar-refractivity contribution >= 4 is 22.9 Å². The summed E-state index contributed by atoms with van der Waals surface area (Å²) in [7, 11) is 0. The van der Waals surface area contributed by atoms with Crippen molar-refractivity contribution < 1.29 is 0 Å². The van der Waals surface area contributed by atoms with Gasteiger partial charge in [0.2, 0.25) is 5.95 Å². The van der Waals surface area contributed by atoms with E-state index in [0.29, 0.717) is 23.5 Å². The fourth-order valence-corrected chi connectivity index (χ4v) is 1.43. The van der Waals surface area contributed by atoms with E-state index in [1.54, 1.807) is 6.33 Å². The van der Waals surface area contributed by atoms with Crippen LogP contribution in [0.2, 0.25) is 0 Å². The van der Waals surface area contributed by atoms with Crippen LogP contribution in [0.1, 0.15) is 6.92 Å². The predicted octanol–water partition coefficient (Wildman–Crippen LogP) is -0.662. The number of nitrogens with zero attached hydrogens (tertiary/aromatic N) is 4.